The number of anilines is 12. The third-order valence-corrected chi connectivity index (χ3v) is 35.1. The Morgan fingerprint density at radius 2 is 0.479 bits per heavy atom. The zero-order valence-electron chi connectivity index (χ0n) is 83.0. The Balaban J connectivity index is 0.000000122. The zero-order chi connectivity index (χ0) is 101. The van der Waals surface area contributed by atoms with Gasteiger partial charge in [-0.05, 0) is 410 Å². The number of benzene rings is 16. The minimum Gasteiger partial charge on any atom is -0.360 e. The van der Waals surface area contributed by atoms with Crippen molar-refractivity contribution >= 4 is 196 Å². The van der Waals surface area contributed by atoms with Crippen molar-refractivity contribution in [3.05, 3.63) is 444 Å². The molecular formula is C127H116Br8F2N4O3. The lowest BCUT2D eigenvalue weighted by molar-refractivity contribution is -0.151. The molecule has 2 aliphatic carbocycles. The van der Waals surface area contributed by atoms with E-state index in [2.05, 4.69) is 512 Å². The van der Waals surface area contributed by atoms with Gasteiger partial charge in [-0.1, -0.05) is 295 Å². The van der Waals surface area contributed by atoms with E-state index in [1.807, 2.05) is 54.6 Å². The first-order valence-corrected chi connectivity index (χ1v) is 56.1. The van der Waals surface area contributed by atoms with Gasteiger partial charge >= 0.3 is 0 Å². The minimum atomic E-state index is -2.86. The Labute approximate surface area is 915 Å². The first-order valence-electron chi connectivity index (χ1n) is 49.8. The van der Waals surface area contributed by atoms with Gasteiger partial charge in [0.1, 0.15) is 0 Å². The SMILES string of the molecule is CC1(C)OC2(CCCC2)c2ccc(-c3ccccc3N(c3ccc(Br)cc3)c3ccc(Br)cc3)cc21.CC1(C)c2ccc(-c3ccccc3N(c3ccc(Br)cc3)c3ccc(Br)cc3)cc2C(C)(C)C1(F)F.CC12CCC(C)(O1)c1cc(-c3ccccc3N(c3ccc(Br)cc3)c3ccc(Br)cc3)ccc12.CCC1(CC)OC(CC)(CC)c2cc(-c3ccccc3N(c3ccc(Br)cc3)c3ccc(Br)cc3)ccc21. The van der Waals surface area contributed by atoms with Crippen molar-refractivity contribution in [2.24, 2.45) is 0 Å². The van der Waals surface area contributed by atoms with E-state index in [-0.39, 0.29) is 33.6 Å². The molecule has 0 aromatic heterocycles. The molecule has 22 rings (SSSR count). The summed E-state index contributed by atoms with van der Waals surface area (Å²) in [6.07, 6.45) is 10.8. The fourth-order valence-electron chi connectivity index (χ4n) is 23.1. The molecule has 732 valence electrons. The van der Waals surface area contributed by atoms with E-state index in [0.29, 0.717) is 5.56 Å². The molecule has 0 radical (unpaired) electrons. The molecule has 2 atom stereocenters. The topological polar surface area (TPSA) is 40.6 Å². The number of para-hydroxylation sites is 4. The van der Waals surface area contributed by atoms with Crippen molar-refractivity contribution in [1.29, 1.82) is 0 Å². The van der Waals surface area contributed by atoms with Crippen LogP contribution in [-0.4, -0.2) is 5.92 Å². The van der Waals surface area contributed by atoms with E-state index in [9.17, 15) is 0 Å². The first kappa shape index (κ1) is 103. The van der Waals surface area contributed by atoms with Gasteiger partial charge in [-0.15, -0.1) is 0 Å². The van der Waals surface area contributed by atoms with Gasteiger partial charge in [-0.3, -0.25) is 0 Å². The first-order chi connectivity index (χ1) is 69.1. The second-order valence-electron chi connectivity index (χ2n) is 40.5. The highest BCUT2D eigenvalue weighted by molar-refractivity contribution is 9.11. The number of hydrogen-bond donors (Lipinski definition) is 0. The predicted octanol–water partition coefficient (Wildman–Crippen LogP) is 41.9. The number of alkyl halides is 2. The summed E-state index contributed by atoms with van der Waals surface area (Å²) in [5, 5.41) is 0. The van der Waals surface area contributed by atoms with Crippen molar-refractivity contribution in [3.8, 4) is 44.5 Å². The molecule has 2 fully saturated rings. The van der Waals surface area contributed by atoms with Gasteiger partial charge < -0.3 is 33.8 Å². The lowest BCUT2D eigenvalue weighted by Crippen LogP contribution is -2.46. The smallest absolute Gasteiger partial charge is 0.266 e. The van der Waals surface area contributed by atoms with Crippen LogP contribution in [0.1, 0.15) is 192 Å². The molecule has 2 unspecified atom stereocenters. The van der Waals surface area contributed by atoms with Crippen LogP contribution in [-0.2, 0) is 58.6 Å². The molecule has 144 heavy (non-hydrogen) atoms. The van der Waals surface area contributed by atoms with Gasteiger partial charge in [-0.2, -0.15) is 0 Å². The number of rotatable bonds is 20. The van der Waals surface area contributed by atoms with Crippen LogP contribution in [0.2, 0.25) is 0 Å². The van der Waals surface area contributed by atoms with Crippen molar-refractivity contribution in [1.82, 2.24) is 0 Å². The minimum absolute atomic E-state index is 0.0994. The number of hydrogen-bond acceptors (Lipinski definition) is 7. The molecule has 0 N–H and O–H groups in total. The van der Waals surface area contributed by atoms with Gasteiger partial charge in [0.15, 0.2) is 0 Å². The van der Waals surface area contributed by atoms with E-state index in [1.54, 1.807) is 27.7 Å². The second-order valence-corrected chi connectivity index (χ2v) is 47.8. The molecule has 4 heterocycles. The van der Waals surface area contributed by atoms with Gasteiger partial charge in [-0.25, -0.2) is 8.78 Å². The van der Waals surface area contributed by atoms with E-state index < -0.39 is 16.8 Å². The van der Waals surface area contributed by atoms with Crippen molar-refractivity contribution in [2.45, 2.75) is 198 Å². The van der Waals surface area contributed by atoms with Crippen LogP contribution in [0.3, 0.4) is 0 Å². The Morgan fingerprint density at radius 3 is 0.785 bits per heavy atom. The van der Waals surface area contributed by atoms with Crippen molar-refractivity contribution in [3.63, 3.8) is 0 Å². The largest absolute Gasteiger partial charge is 0.360 e. The van der Waals surface area contributed by atoms with Crippen LogP contribution in [0.4, 0.5) is 77.0 Å². The Hall–Kier alpha value is -9.70. The van der Waals surface area contributed by atoms with Crippen LogP contribution in [0.15, 0.2) is 400 Å². The second kappa shape index (κ2) is 41.4. The molecule has 17 heteroatoms. The molecule has 1 spiro atoms. The average Bonchev–Trinajstić information content (AvgIpc) is 1.54. The van der Waals surface area contributed by atoms with E-state index in [0.717, 1.165) is 172 Å². The highest BCUT2D eigenvalue weighted by Crippen LogP contribution is 2.64. The summed E-state index contributed by atoms with van der Waals surface area (Å²) in [6, 6.07) is 128. The fourth-order valence-corrected chi connectivity index (χ4v) is 25.2. The molecule has 4 aliphatic heterocycles. The van der Waals surface area contributed by atoms with Crippen molar-refractivity contribution < 1.29 is 23.0 Å². The number of halogens is 10. The lowest BCUT2D eigenvalue weighted by Gasteiger charge is -2.35. The van der Waals surface area contributed by atoms with Crippen LogP contribution in [0.25, 0.3) is 44.5 Å². The summed E-state index contributed by atoms with van der Waals surface area (Å²) in [7, 11) is 0. The normalized spacial score (nSPS) is 18.0. The van der Waals surface area contributed by atoms with E-state index in [1.165, 1.54) is 79.6 Å². The lowest BCUT2D eigenvalue weighted by atomic mass is 9.77. The third kappa shape index (κ3) is 19.5. The van der Waals surface area contributed by atoms with Crippen LogP contribution < -0.4 is 19.6 Å². The maximum Gasteiger partial charge on any atom is 0.266 e. The summed E-state index contributed by atoms with van der Waals surface area (Å²) >= 11 is 28.6. The Kier molecular flexibility index (Phi) is 29.6. The third-order valence-electron chi connectivity index (χ3n) is 30.8. The molecule has 16 aromatic carbocycles. The summed E-state index contributed by atoms with van der Waals surface area (Å²) in [5.41, 5.74) is 28.1. The average molecular weight is 2420 g/mol. The highest BCUT2D eigenvalue weighted by Gasteiger charge is 2.65. The molecule has 16 aromatic rings. The van der Waals surface area contributed by atoms with E-state index >= 15 is 8.78 Å². The summed E-state index contributed by atoms with van der Waals surface area (Å²) < 4.78 is 59.8. The number of nitrogens with zero attached hydrogens (tertiary/aromatic N) is 4. The number of fused-ring (bicyclic) bond motifs is 9. The molecule has 6 aliphatic rings. The zero-order valence-corrected chi connectivity index (χ0v) is 95.7. The summed E-state index contributed by atoms with van der Waals surface area (Å²) in [4.78, 5) is 9.20. The van der Waals surface area contributed by atoms with Gasteiger partial charge in [0.05, 0.1) is 67.2 Å². The maximum absolute atomic E-state index is 15.5. The Morgan fingerprint density at radius 1 is 0.236 bits per heavy atom. The standard InChI is InChI=1S/C34H35Br2NO.C32H29Br2NO.C31H27Br2F2N.C30H25Br2NO/c1-5-33(6-2)30-22-13-24(23-31(30)34(7-3,8-4)38-33)29-11-9-10-12-32(29)37(27-18-14-25(35)15-19-27)28-20-16-26(36)17-21-28;1-31(2)29-21-22(9-18-28(29)32(36-31)19-5-6-20-32)27-7-3-4-8-30(27)35(25-14-10-23(33)11-15-25)26-16-12-24(34)13-17-26;1-29(2)26-18-9-20(19-27(26)30(3,4)31(29,34)35)25-7-5-6-8-28(25)36(23-14-10-21(32)11-15-23)24-16-12-22(33)13-17-24;1-29-17-18-30(2,34-29)27-19-20(7-16-26(27)29)25-5-3-4-6-28(25)33(23-12-8-21(31)9-13-23)24-14-10-22(32)11-15-24/h9-23H,5-8H2,1-4H3;3-4,7-18,21H,5-6,19-20H2,1-2H3;5-19H,1-4H3;3-16,19H,17-18H2,1-2H3. The number of ether oxygens (including phenoxy) is 3. The maximum atomic E-state index is 15.5. The quantitative estimate of drug-likeness (QED) is 0.0753. The highest BCUT2D eigenvalue weighted by atomic mass is 79.9. The molecule has 2 bridgehead atoms. The molecule has 0 amide bonds. The molecule has 1 saturated heterocycles. The van der Waals surface area contributed by atoms with Crippen LogP contribution >= 0.6 is 127 Å². The van der Waals surface area contributed by atoms with E-state index in [4.69, 9.17) is 14.2 Å². The summed E-state index contributed by atoms with van der Waals surface area (Å²) in [6.45, 7) is 24.6. The van der Waals surface area contributed by atoms with Crippen molar-refractivity contribution in [2.75, 3.05) is 19.6 Å². The Bertz CT molecular complexity index is 7180. The summed E-state index contributed by atoms with van der Waals surface area (Å²) in [5.74, 6) is -2.86. The van der Waals surface area contributed by atoms with Gasteiger partial charge in [0.2, 0.25) is 0 Å². The molecule has 1 saturated carbocycles. The van der Waals surface area contributed by atoms with Crippen LogP contribution in [0.5, 0.6) is 0 Å². The fraction of sp³-hybridized carbons (Fsp3) is 0.244. The monoisotopic (exact) mass is 2410 g/mol. The van der Waals surface area contributed by atoms with Crippen LogP contribution in [0, 0.1) is 0 Å². The predicted molar refractivity (Wildman–Crippen MR) is 624 cm³/mol. The molecule has 7 nitrogen and oxygen atoms in total. The van der Waals surface area contributed by atoms with Gasteiger partial charge in [0, 0.05) is 104 Å². The van der Waals surface area contributed by atoms with Gasteiger partial charge in [0.25, 0.3) is 5.92 Å². The molecular weight excluding hydrogens is 2310 g/mol.